The molecular weight excluding hydrogens is 226 g/mol. The van der Waals surface area contributed by atoms with E-state index < -0.39 is 0 Å². The number of likely N-dealkylation sites (tertiary alicyclic amines) is 2. The Bertz CT molecular complexity index is 312. The zero-order chi connectivity index (χ0) is 12.5. The van der Waals surface area contributed by atoms with Crippen molar-refractivity contribution in [1.82, 2.24) is 15.1 Å². The number of nitrogens with one attached hydrogen (secondary N) is 1. The van der Waals surface area contributed by atoms with Crippen molar-refractivity contribution >= 4 is 6.03 Å². The van der Waals surface area contributed by atoms with Crippen LogP contribution in [-0.4, -0.2) is 54.1 Å². The SMILES string of the molecule is CC1CC2CNCC2N1C(=O)N1CCCCCC1. The lowest BCUT2D eigenvalue weighted by atomic mass is 10.0. The van der Waals surface area contributed by atoms with Crippen molar-refractivity contribution in [2.24, 2.45) is 5.92 Å². The minimum absolute atomic E-state index is 0.306. The third-order valence-electron chi connectivity index (χ3n) is 4.88. The Morgan fingerprint density at radius 1 is 1.11 bits per heavy atom. The number of rotatable bonds is 0. The average Bonchev–Trinajstić information content (AvgIpc) is 2.78. The number of amides is 2. The summed E-state index contributed by atoms with van der Waals surface area (Å²) in [6.07, 6.45) is 6.11. The third-order valence-corrected chi connectivity index (χ3v) is 4.88. The molecule has 0 aliphatic carbocycles. The lowest BCUT2D eigenvalue weighted by Crippen LogP contribution is -2.50. The maximum absolute atomic E-state index is 12.7. The van der Waals surface area contributed by atoms with Crippen LogP contribution in [0.1, 0.15) is 39.0 Å². The van der Waals surface area contributed by atoms with E-state index in [-0.39, 0.29) is 0 Å². The van der Waals surface area contributed by atoms with Crippen LogP contribution in [0.4, 0.5) is 4.79 Å². The molecule has 0 bridgehead atoms. The molecule has 3 atom stereocenters. The van der Waals surface area contributed by atoms with Gasteiger partial charge in [0.25, 0.3) is 0 Å². The number of hydrogen-bond acceptors (Lipinski definition) is 2. The van der Waals surface area contributed by atoms with Crippen molar-refractivity contribution in [3.05, 3.63) is 0 Å². The van der Waals surface area contributed by atoms with Crippen LogP contribution in [0.3, 0.4) is 0 Å². The van der Waals surface area contributed by atoms with Crippen LogP contribution in [-0.2, 0) is 0 Å². The van der Waals surface area contributed by atoms with Gasteiger partial charge >= 0.3 is 6.03 Å². The van der Waals surface area contributed by atoms with E-state index in [1.807, 2.05) is 0 Å². The van der Waals surface area contributed by atoms with Gasteiger partial charge in [0, 0.05) is 32.2 Å². The van der Waals surface area contributed by atoms with Gasteiger partial charge in [-0.2, -0.15) is 0 Å². The summed E-state index contributed by atoms with van der Waals surface area (Å²) in [4.78, 5) is 17.0. The molecule has 3 fully saturated rings. The van der Waals surface area contributed by atoms with Gasteiger partial charge in [-0.3, -0.25) is 0 Å². The summed E-state index contributed by atoms with van der Waals surface area (Å²) in [5.41, 5.74) is 0. The first-order chi connectivity index (χ1) is 8.77. The number of urea groups is 1. The highest BCUT2D eigenvalue weighted by Gasteiger charge is 2.45. The van der Waals surface area contributed by atoms with E-state index in [2.05, 4.69) is 22.0 Å². The van der Waals surface area contributed by atoms with E-state index in [0.29, 0.717) is 24.0 Å². The van der Waals surface area contributed by atoms with Gasteiger partial charge in [0.15, 0.2) is 0 Å². The molecule has 3 aliphatic rings. The highest BCUT2D eigenvalue weighted by atomic mass is 16.2. The van der Waals surface area contributed by atoms with E-state index in [0.717, 1.165) is 26.2 Å². The molecule has 0 radical (unpaired) electrons. The van der Waals surface area contributed by atoms with Crippen molar-refractivity contribution < 1.29 is 4.79 Å². The maximum Gasteiger partial charge on any atom is 0.320 e. The molecule has 4 heteroatoms. The zero-order valence-electron chi connectivity index (χ0n) is 11.4. The second-order valence-corrected chi connectivity index (χ2v) is 6.16. The minimum atomic E-state index is 0.306. The summed E-state index contributed by atoms with van der Waals surface area (Å²) in [6, 6.07) is 1.19. The quantitative estimate of drug-likeness (QED) is 0.711. The van der Waals surface area contributed by atoms with Crippen LogP contribution < -0.4 is 5.32 Å². The maximum atomic E-state index is 12.7. The molecule has 3 rings (SSSR count). The number of nitrogens with zero attached hydrogens (tertiary/aromatic N) is 2. The van der Waals surface area contributed by atoms with E-state index in [1.54, 1.807) is 0 Å². The lowest BCUT2D eigenvalue weighted by molar-refractivity contribution is 0.135. The molecule has 0 aromatic heterocycles. The van der Waals surface area contributed by atoms with Crippen LogP contribution in [0.2, 0.25) is 0 Å². The minimum Gasteiger partial charge on any atom is -0.325 e. The molecule has 3 unspecified atom stereocenters. The van der Waals surface area contributed by atoms with E-state index in [1.165, 1.54) is 32.1 Å². The number of carbonyl (C=O) groups is 1. The predicted octanol–water partition coefficient (Wildman–Crippen LogP) is 1.66. The molecule has 0 aromatic rings. The molecule has 2 amide bonds. The van der Waals surface area contributed by atoms with Gasteiger partial charge in [0.1, 0.15) is 0 Å². The van der Waals surface area contributed by atoms with Gasteiger partial charge in [-0.25, -0.2) is 4.79 Å². The first-order valence-corrected chi connectivity index (χ1v) is 7.55. The Morgan fingerprint density at radius 2 is 1.83 bits per heavy atom. The Balaban J connectivity index is 1.70. The molecule has 0 spiro atoms. The third kappa shape index (κ3) is 2.11. The molecule has 0 aromatic carbocycles. The molecule has 18 heavy (non-hydrogen) atoms. The van der Waals surface area contributed by atoms with Gasteiger partial charge in [-0.15, -0.1) is 0 Å². The molecule has 1 N–H and O–H groups in total. The summed E-state index contributed by atoms with van der Waals surface area (Å²) in [5, 5.41) is 3.43. The number of fused-ring (bicyclic) bond motifs is 1. The average molecular weight is 251 g/mol. The summed E-state index contributed by atoms with van der Waals surface area (Å²) in [5.74, 6) is 0.691. The highest BCUT2D eigenvalue weighted by molar-refractivity contribution is 5.75. The van der Waals surface area contributed by atoms with Crippen LogP contribution in [0.15, 0.2) is 0 Å². The second-order valence-electron chi connectivity index (χ2n) is 6.16. The smallest absolute Gasteiger partial charge is 0.320 e. The zero-order valence-corrected chi connectivity index (χ0v) is 11.4. The van der Waals surface area contributed by atoms with Gasteiger partial charge in [-0.05, 0) is 32.1 Å². The normalized spacial score (nSPS) is 36.6. The molecule has 4 nitrogen and oxygen atoms in total. The fourth-order valence-electron chi connectivity index (χ4n) is 3.92. The second kappa shape index (κ2) is 5.08. The summed E-state index contributed by atoms with van der Waals surface area (Å²) in [6.45, 7) is 6.24. The summed E-state index contributed by atoms with van der Waals surface area (Å²) < 4.78 is 0. The molecule has 3 heterocycles. The van der Waals surface area contributed by atoms with Gasteiger partial charge in [0.05, 0.1) is 6.04 Å². The van der Waals surface area contributed by atoms with Gasteiger partial charge in [0.2, 0.25) is 0 Å². The van der Waals surface area contributed by atoms with Crippen LogP contribution >= 0.6 is 0 Å². The van der Waals surface area contributed by atoms with Crippen molar-refractivity contribution in [1.29, 1.82) is 0 Å². The first-order valence-electron chi connectivity index (χ1n) is 7.55. The van der Waals surface area contributed by atoms with Gasteiger partial charge < -0.3 is 15.1 Å². The predicted molar refractivity (Wildman–Crippen MR) is 71.5 cm³/mol. The Kier molecular flexibility index (Phi) is 3.46. The standard InChI is InChI=1S/C14H25N3O/c1-11-8-12-9-15-10-13(12)17(11)14(18)16-6-4-2-3-5-7-16/h11-13,15H,2-10H2,1H3. The van der Waals surface area contributed by atoms with Crippen molar-refractivity contribution in [3.63, 3.8) is 0 Å². The van der Waals surface area contributed by atoms with Crippen molar-refractivity contribution in [3.8, 4) is 0 Å². The molecule has 0 saturated carbocycles. The van der Waals surface area contributed by atoms with Crippen LogP contribution in [0.25, 0.3) is 0 Å². The lowest BCUT2D eigenvalue weighted by Gasteiger charge is -2.33. The van der Waals surface area contributed by atoms with Crippen LogP contribution in [0, 0.1) is 5.92 Å². The molecule has 3 saturated heterocycles. The fraction of sp³-hybridized carbons (Fsp3) is 0.929. The Hall–Kier alpha value is -0.770. The van der Waals surface area contributed by atoms with E-state index in [9.17, 15) is 4.79 Å². The van der Waals surface area contributed by atoms with Crippen molar-refractivity contribution in [2.45, 2.75) is 51.1 Å². The highest BCUT2D eigenvalue weighted by Crippen LogP contribution is 2.33. The molecular formula is C14H25N3O. The Morgan fingerprint density at radius 3 is 2.56 bits per heavy atom. The van der Waals surface area contributed by atoms with Gasteiger partial charge in [-0.1, -0.05) is 12.8 Å². The van der Waals surface area contributed by atoms with Crippen LogP contribution in [0.5, 0.6) is 0 Å². The summed E-state index contributed by atoms with van der Waals surface area (Å²) in [7, 11) is 0. The molecule has 102 valence electrons. The summed E-state index contributed by atoms with van der Waals surface area (Å²) >= 11 is 0. The first kappa shape index (κ1) is 12.3. The topological polar surface area (TPSA) is 35.6 Å². The fourth-order valence-corrected chi connectivity index (χ4v) is 3.92. The molecule has 3 aliphatic heterocycles. The Labute approximate surface area is 110 Å². The monoisotopic (exact) mass is 251 g/mol. The van der Waals surface area contributed by atoms with E-state index in [4.69, 9.17) is 0 Å². The number of hydrogen-bond donors (Lipinski definition) is 1. The van der Waals surface area contributed by atoms with Crippen molar-refractivity contribution in [2.75, 3.05) is 26.2 Å². The number of carbonyl (C=O) groups excluding carboxylic acids is 1. The van der Waals surface area contributed by atoms with E-state index >= 15 is 0 Å². The largest absolute Gasteiger partial charge is 0.325 e.